The Balaban J connectivity index is 1.41. The molecule has 4 heterocycles. The van der Waals surface area contributed by atoms with Gasteiger partial charge >= 0.3 is 0 Å². The second-order valence-electron chi connectivity index (χ2n) is 8.87. The molecule has 1 aliphatic carbocycles. The first-order valence-corrected chi connectivity index (χ1v) is 13.6. The van der Waals surface area contributed by atoms with E-state index in [1.807, 2.05) is 9.80 Å². The molecule has 1 amide bonds. The van der Waals surface area contributed by atoms with Gasteiger partial charge in [0.05, 0.1) is 35.5 Å². The SMILES string of the molecule is O=C(C1CC1)N1CCN(c2cc(S(=O)(=O)N=C3COC3)cc3c2cnn3-c2nnc(C(F)F)s2)CC1. The number of hydrogen-bond donors (Lipinski definition) is 0. The molecule has 2 saturated heterocycles. The van der Waals surface area contributed by atoms with Crippen LogP contribution in [0.25, 0.3) is 16.0 Å². The number of hydrogen-bond acceptors (Lipinski definition) is 9. The van der Waals surface area contributed by atoms with Gasteiger partial charge in [0.2, 0.25) is 11.0 Å². The fraction of sp³-hybridized carbons (Fsp3) is 0.476. The summed E-state index contributed by atoms with van der Waals surface area (Å²) in [5.74, 6) is 0.309. The van der Waals surface area contributed by atoms with Crippen LogP contribution in [0.4, 0.5) is 14.5 Å². The van der Waals surface area contributed by atoms with Crippen molar-refractivity contribution >= 4 is 49.6 Å². The fourth-order valence-electron chi connectivity index (χ4n) is 4.27. The van der Waals surface area contributed by atoms with Crippen molar-refractivity contribution in [2.75, 3.05) is 44.3 Å². The first kappa shape index (κ1) is 23.4. The first-order chi connectivity index (χ1) is 17.3. The quantitative estimate of drug-likeness (QED) is 0.468. The third-order valence-electron chi connectivity index (χ3n) is 6.38. The van der Waals surface area contributed by atoms with Crippen LogP contribution in [0.1, 0.15) is 24.3 Å². The molecule has 3 fully saturated rings. The number of fused-ring (bicyclic) bond motifs is 1. The van der Waals surface area contributed by atoms with Gasteiger partial charge in [0.15, 0.2) is 5.01 Å². The predicted molar refractivity (Wildman–Crippen MR) is 126 cm³/mol. The van der Waals surface area contributed by atoms with Gasteiger partial charge in [0.1, 0.15) is 0 Å². The number of nitrogens with zero attached hydrogens (tertiary/aromatic N) is 7. The van der Waals surface area contributed by atoms with Crippen molar-refractivity contribution in [2.24, 2.45) is 10.3 Å². The number of carbonyl (C=O) groups is 1. The third kappa shape index (κ3) is 4.24. The van der Waals surface area contributed by atoms with E-state index >= 15 is 0 Å². The molecule has 0 bridgehead atoms. The molecule has 0 radical (unpaired) electrons. The minimum atomic E-state index is -4.06. The van der Waals surface area contributed by atoms with Gasteiger partial charge in [-0.05, 0) is 25.0 Å². The van der Waals surface area contributed by atoms with E-state index in [1.165, 1.54) is 10.7 Å². The number of aromatic nitrogens is 4. The van der Waals surface area contributed by atoms with Gasteiger partial charge in [-0.2, -0.15) is 17.9 Å². The molecular weight excluding hydrogens is 516 g/mol. The van der Waals surface area contributed by atoms with Crippen LogP contribution in [0.2, 0.25) is 0 Å². The molecule has 0 N–H and O–H groups in total. The van der Waals surface area contributed by atoms with Crippen LogP contribution in [0.15, 0.2) is 27.6 Å². The Kier molecular flexibility index (Phi) is 5.72. The zero-order valence-electron chi connectivity index (χ0n) is 18.9. The minimum absolute atomic E-state index is 0.0544. The molecule has 2 aliphatic heterocycles. The summed E-state index contributed by atoms with van der Waals surface area (Å²) in [6.07, 6.45) is 0.647. The number of carbonyl (C=O) groups excluding carboxylic acids is 1. The van der Waals surface area contributed by atoms with Gasteiger partial charge in [-0.25, -0.2) is 13.5 Å². The molecule has 1 saturated carbocycles. The molecule has 0 unspecified atom stereocenters. The van der Waals surface area contributed by atoms with E-state index in [9.17, 15) is 22.0 Å². The monoisotopic (exact) mass is 537 g/mol. The Hall–Kier alpha value is -3.04. The summed E-state index contributed by atoms with van der Waals surface area (Å²) >= 11 is 0.681. The van der Waals surface area contributed by atoms with Crippen LogP contribution >= 0.6 is 11.3 Å². The van der Waals surface area contributed by atoms with E-state index in [0.29, 0.717) is 59.8 Å². The highest BCUT2D eigenvalue weighted by molar-refractivity contribution is 7.90. The number of anilines is 1. The Labute approximate surface area is 208 Å². The van der Waals surface area contributed by atoms with E-state index in [4.69, 9.17) is 4.74 Å². The Bertz CT molecular complexity index is 1470. The zero-order valence-corrected chi connectivity index (χ0v) is 20.5. The molecule has 6 rings (SSSR count). The van der Waals surface area contributed by atoms with Crippen molar-refractivity contribution in [3.63, 3.8) is 0 Å². The number of sulfonamides is 1. The Morgan fingerprint density at radius 2 is 1.89 bits per heavy atom. The molecule has 0 atom stereocenters. The van der Waals surface area contributed by atoms with Crippen molar-refractivity contribution in [2.45, 2.75) is 24.2 Å². The first-order valence-electron chi connectivity index (χ1n) is 11.4. The van der Waals surface area contributed by atoms with E-state index in [2.05, 4.69) is 19.7 Å². The number of ether oxygens (including phenoxy) is 1. The number of piperazine rings is 1. The maximum absolute atomic E-state index is 13.1. The molecule has 0 spiro atoms. The number of halogens is 2. The second kappa shape index (κ2) is 8.81. The zero-order chi connectivity index (χ0) is 25.0. The fourth-order valence-corrected chi connectivity index (χ4v) is 6.01. The lowest BCUT2D eigenvalue weighted by Gasteiger charge is -2.36. The molecule has 3 aliphatic rings. The summed E-state index contributed by atoms with van der Waals surface area (Å²) in [4.78, 5) is 16.3. The van der Waals surface area contributed by atoms with Crippen LogP contribution < -0.4 is 4.90 Å². The molecule has 15 heteroatoms. The smallest absolute Gasteiger partial charge is 0.291 e. The van der Waals surface area contributed by atoms with E-state index in [-0.39, 0.29) is 35.1 Å². The number of amides is 1. The molecule has 1 aromatic carbocycles. The normalized spacial score (nSPS) is 18.7. The lowest BCUT2D eigenvalue weighted by atomic mass is 10.1. The molecule has 3 aromatic rings. The van der Waals surface area contributed by atoms with Crippen LogP contribution in [0, 0.1) is 5.92 Å². The van der Waals surface area contributed by atoms with Crippen molar-refractivity contribution in [3.05, 3.63) is 23.3 Å². The van der Waals surface area contributed by atoms with Crippen molar-refractivity contribution in [3.8, 4) is 5.13 Å². The van der Waals surface area contributed by atoms with Crippen LogP contribution in [0.3, 0.4) is 0 Å². The van der Waals surface area contributed by atoms with Crippen LogP contribution in [-0.4, -0.2) is 84.3 Å². The van der Waals surface area contributed by atoms with Crippen molar-refractivity contribution in [1.82, 2.24) is 24.9 Å². The molecule has 11 nitrogen and oxygen atoms in total. The van der Waals surface area contributed by atoms with Gasteiger partial charge in [0.25, 0.3) is 16.4 Å². The summed E-state index contributed by atoms with van der Waals surface area (Å²) in [6.45, 7) is 2.39. The molecular formula is C21H21F2N7O4S2. The van der Waals surface area contributed by atoms with Crippen molar-refractivity contribution < 1.29 is 26.7 Å². The number of rotatable bonds is 6. The third-order valence-corrected chi connectivity index (χ3v) is 8.62. The highest BCUT2D eigenvalue weighted by Crippen LogP contribution is 2.36. The van der Waals surface area contributed by atoms with Crippen LogP contribution in [-0.2, 0) is 19.6 Å². The van der Waals surface area contributed by atoms with Crippen molar-refractivity contribution in [1.29, 1.82) is 0 Å². The van der Waals surface area contributed by atoms with Gasteiger partial charge in [-0.15, -0.1) is 10.2 Å². The topological polar surface area (TPSA) is 123 Å². The second-order valence-corrected chi connectivity index (χ2v) is 11.5. The van der Waals surface area contributed by atoms with Gasteiger partial charge in [-0.3, -0.25) is 4.79 Å². The average Bonchev–Trinajstić information content (AvgIpc) is 3.41. The lowest BCUT2D eigenvalue weighted by molar-refractivity contribution is -0.132. The van der Waals surface area contributed by atoms with Gasteiger partial charge < -0.3 is 14.5 Å². The van der Waals surface area contributed by atoms with Gasteiger partial charge in [0, 0.05) is 43.2 Å². The predicted octanol–water partition coefficient (Wildman–Crippen LogP) is 2.03. The average molecular weight is 538 g/mol. The highest BCUT2D eigenvalue weighted by Gasteiger charge is 2.35. The Morgan fingerprint density at radius 3 is 2.50 bits per heavy atom. The Morgan fingerprint density at radius 1 is 1.14 bits per heavy atom. The van der Waals surface area contributed by atoms with Crippen LogP contribution in [0.5, 0.6) is 0 Å². The van der Waals surface area contributed by atoms with E-state index in [0.717, 1.165) is 12.8 Å². The standard InChI is InChI=1S/C21H21F2N7O4S2/c22-18(23)19-25-26-21(35-19)30-17-8-14(36(32,33)27-13-10-34-11-13)7-16(15(17)9-24-30)28-3-5-29(6-4-28)20(31)12-1-2-12/h7-9,12,18H,1-6,10-11H2. The lowest BCUT2D eigenvalue weighted by Crippen LogP contribution is -2.49. The maximum atomic E-state index is 13.1. The summed E-state index contributed by atoms with van der Waals surface area (Å²) < 4.78 is 62.7. The van der Waals surface area contributed by atoms with Gasteiger partial charge in [-0.1, -0.05) is 11.3 Å². The largest absolute Gasteiger partial charge is 0.369 e. The summed E-state index contributed by atoms with van der Waals surface area (Å²) in [5, 5.41) is 11.9. The minimum Gasteiger partial charge on any atom is -0.369 e. The number of benzene rings is 1. The summed E-state index contributed by atoms with van der Waals surface area (Å²) in [7, 11) is -4.06. The van der Waals surface area contributed by atoms with E-state index < -0.39 is 21.5 Å². The summed E-state index contributed by atoms with van der Waals surface area (Å²) in [6, 6.07) is 2.97. The van der Waals surface area contributed by atoms with E-state index in [1.54, 1.807) is 12.3 Å². The highest BCUT2D eigenvalue weighted by atomic mass is 32.2. The molecule has 36 heavy (non-hydrogen) atoms. The maximum Gasteiger partial charge on any atom is 0.291 e. The molecule has 190 valence electrons. The summed E-state index contributed by atoms with van der Waals surface area (Å²) in [5.41, 5.74) is 1.41. The number of alkyl halides is 2. The molecule has 2 aromatic heterocycles.